The van der Waals surface area contributed by atoms with Crippen molar-refractivity contribution in [3.05, 3.63) is 70.0 Å². The molecule has 3 aromatic rings. The van der Waals surface area contributed by atoms with E-state index in [0.29, 0.717) is 22.5 Å². The Kier molecular flexibility index (Phi) is 5.43. The molecule has 0 spiro atoms. The second kappa shape index (κ2) is 7.76. The lowest BCUT2D eigenvalue weighted by molar-refractivity contribution is 0.518. The molecule has 0 fully saturated rings. The van der Waals surface area contributed by atoms with E-state index in [1.165, 1.54) is 17.3 Å². The standard InChI is InChI=1S/C21H21N3OS/c1-14(2)24-20(25)18-6-4-5-7-19(18)23-21(24)26-17(13-22)12-16-10-8-15(3)9-11-16/h4-11,14,17H,12H2,1-3H3. The summed E-state index contributed by atoms with van der Waals surface area (Å²) in [5.41, 5.74) is 2.91. The second-order valence-electron chi connectivity index (χ2n) is 6.61. The van der Waals surface area contributed by atoms with Gasteiger partial charge in [-0.2, -0.15) is 5.26 Å². The van der Waals surface area contributed by atoms with E-state index in [1.54, 1.807) is 10.6 Å². The molecule has 132 valence electrons. The third-order valence-corrected chi connectivity index (χ3v) is 5.28. The molecule has 0 aliphatic carbocycles. The number of rotatable bonds is 5. The first-order valence-corrected chi connectivity index (χ1v) is 9.50. The highest BCUT2D eigenvalue weighted by Gasteiger charge is 2.18. The summed E-state index contributed by atoms with van der Waals surface area (Å²) in [6, 6.07) is 17.9. The third-order valence-electron chi connectivity index (χ3n) is 4.23. The minimum atomic E-state index is -0.309. The van der Waals surface area contributed by atoms with E-state index < -0.39 is 0 Å². The van der Waals surface area contributed by atoms with Crippen molar-refractivity contribution in [3.8, 4) is 6.07 Å². The number of nitrogens with zero attached hydrogens (tertiary/aromatic N) is 3. The predicted molar refractivity (Wildman–Crippen MR) is 107 cm³/mol. The third kappa shape index (κ3) is 3.81. The van der Waals surface area contributed by atoms with Gasteiger partial charge in [-0.15, -0.1) is 0 Å². The number of benzene rings is 2. The van der Waals surface area contributed by atoms with Crippen molar-refractivity contribution in [1.29, 1.82) is 5.26 Å². The van der Waals surface area contributed by atoms with Crippen molar-refractivity contribution in [3.63, 3.8) is 0 Å². The van der Waals surface area contributed by atoms with Crippen molar-refractivity contribution in [1.82, 2.24) is 9.55 Å². The van der Waals surface area contributed by atoms with Crippen molar-refractivity contribution < 1.29 is 0 Å². The van der Waals surface area contributed by atoms with Gasteiger partial charge in [0, 0.05) is 6.04 Å². The maximum atomic E-state index is 12.9. The van der Waals surface area contributed by atoms with Crippen LogP contribution in [0.1, 0.15) is 31.0 Å². The molecule has 0 aliphatic heterocycles. The summed E-state index contributed by atoms with van der Waals surface area (Å²) in [6.07, 6.45) is 0.613. The van der Waals surface area contributed by atoms with Crippen LogP contribution in [0.15, 0.2) is 58.5 Å². The molecule has 0 saturated carbocycles. The Morgan fingerprint density at radius 2 is 1.85 bits per heavy atom. The lowest BCUT2D eigenvalue weighted by Crippen LogP contribution is -2.25. The molecule has 4 nitrogen and oxygen atoms in total. The Bertz CT molecular complexity index is 1020. The molecule has 26 heavy (non-hydrogen) atoms. The van der Waals surface area contributed by atoms with Gasteiger partial charge in [0.15, 0.2) is 5.16 Å². The minimum Gasteiger partial charge on any atom is -0.284 e. The molecular weight excluding hydrogens is 342 g/mol. The van der Waals surface area contributed by atoms with Crippen LogP contribution in [0.4, 0.5) is 0 Å². The average Bonchev–Trinajstić information content (AvgIpc) is 2.62. The normalized spacial score (nSPS) is 12.3. The van der Waals surface area contributed by atoms with Gasteiger partial charge < -0.3 is 0 Å². The number of para-hydroxylation sites is 1. The maximum absolute atomic E-state index is 12.9. The van der Waals surface area contributed by atoms with Crippen LogP contribution in [0.3, 0.4) is 0 Å². The van der Waals surface area contributed by atoms with Crippen LogP contribution in [0.25, 0.3) is 10.9 Å². The topological polar surface area (TPSA) is 58.7 Å². The van der Waals surface area contributed by atoms with Gasteiger partial charge in [-0.05, 0) is 44.9 Å². The van der Waals surface area contributed by atoms with Crippen LogP contribution < -0.4 is 5.56 Å². The molecule has 0 aliphatic rings. The van der Waals surface area contributed by atoms with Crippen molar-refractivity contribution in [2.24, 2.45) is 0 Å². The lowest BCUT2D eigenvalue weighted by Gasteiger charge is -2.18. The number of nitriles is 1. The van der Waals surface area contributed by atoms with Gasteiger partial charge in [-0.3, -0.25) is 9.36 Å². The van der Waals surface area contributed by atoms with Crippen molar-refractivity contribution >= 4 is 22.7 Å². The molecule has 0 N–H and O–H groups in total. The predicted octanol–water partition coefficient (Wildman–Crippen LogP) is 4.51. The smallest absolute Gasteiger partial charge is 0.262 e. The van der Waals surface area contributed by atoms with Crippen LogP contribution in [0.5, 0.6) is 0 Å². The second-order valence-corrected chi connectivity index (χ2v) is 7.78. The van der Waals surface area contributed by atoms with Gasteiger partial charge in [0.1, 0.15) is 5.25 Å². The molecule has 3 rings (SSSR count). The molecular formula is C21H21N3OS. The van der Waals surface area contributed by atoms with Gasteiger partial charge >= 0.3 is 0 Å². The van der Waals surface area contributed by atoms with Gasteiger partial charge in [-0.25, -0.2) is 4.98 Å². The highest BCUT2D eigenvalue weighted by Crippen LogP contribution is 2.26. The Morgan fingerprint density at radius 3 is 2.50 bits per heavy atom. The van der Waals surface area contributed by atoms with Crippen molar-refractivity contribution in [2.75, 3.05) is 0 Å². The van der Waals surface area contributed by atoms with Gasteiger partial charge in [0.25, 0.3) is 5.56 Å². The van der Waals surface area contributed by atoms with Crippen molar-refractivity contribution in [2.45, 2.75) is 43.6 Å². The largest absolute Gasteiger partial charge is 0.284 e. The first-order chi connectivity index (χ1) is 12.5. The number of hydrogen-bond acceptors (Lipinski definition) is 4. The zero-order valence-electron chi connectivity index (χ0n) is 15.1. The number of aromatic nitrogens is 2. The molecule has 5 heteroatoms. The zero-order valence-corrected chi connectivity index (χ0v) is 16.0. The average molecular weight is 363 g/mol. The Labute approximate surface area is 157 Å². The molecule has 0 amide bonds. The van der Waals surface area contributed by atoms with E-state index in [2.05, 4.69) is 11.1 Å². The van der Waals surface area contributed by atoms with Crippen LogP contribution in [0, 0.1) is 18.3 Å². The number of aryl methyl sites for hydroxylation is 1. The summed E-state index contributed by atoms with van der Waals surface area (Å²) in [4.78, 5) is 17.6. The van der Waals surface area contributed by atoms with E-state index in [-0.39, 0.29) is 16.9 Å². The number of thioether (sulfide) groups is 1. The summed E-state index contributed by atoms with van der Waals surface area (Å²) < 4.78 is 1.69. The minimum absolute atomic E-state index is 0.0270. The fourth-order valence-corrected chi connectivity index (χ4v) is 3.98. The summed E-state index contributed by atoms with van der Waals surface area (Å²) in [5, 5.41) is 10.5. The van der Waals surface area contributed by atoms with E-state index in [1.807, 2.05) is 63.2 Å². The molecule has 0 saturated heterocycles. The Balaban J connectivity index is 1.98. The molecule has 0 radical (unpaired) electrons. The van der Waals surface area contributed by atoms with Crippen LogP contribution >= 0.6 is 11.8 Å². The number of hydrogen-bond donors (Lipinski definition) is 0. The van der Waals surface area contributed by atoms with Gasteiger partial charge in [0.05, 0.1) is 17.0 Å². The molecule has 1 unspecified atom stereocenters. The Hall–Kier alpha value is -2.58. The fourth-order valence-electron chi connectivity index (χ4n) is 2.84. The van der Waals surface area contributed by atoms with Crippen LogP contribution in [0.2, 0.25) is 0 Å². The first kappa shape index (κ1) is 18.2. The highest BCUT2D eigenvalue weighted by molar-refractivity contribution is 8.00. The van der Waals surface area contributed by atoms with E-state index in [0.717, 1.165) is 5.56 Å². The maximum Gasteiger partial charge on any atom is 0.262 e. The molecule has 1 aromatic heterocycles. The quantitative estimate of drug-likeness (QED) is 0.494. The van der Waals surface area contributed by atoms with Gasteiger partial charge in [-0.1, -0.05) is 53.7 Å². The van der Waals surface area contributed by atoms with Crippen LogP contribution in [-0.2, 0) is 6.42 Å². The highest BCUT2D eigenvalue weighted by atomic mass is 32.2. The molecule has 0 bridgehead atoms. The summed E-state index contributed by atoms with van der Waals surface area (Å²) in [6.45, 7) is 5.97. The van der Waals surface area contributed by atoms with Crippen LogP contribution in [-0.4, -0.2) is 14.8 Å². The summed E-state index contributed by atoms with van der Waals surface area (Å²) >= 11 is 1.36. The molecule has 1 heterocycles. The SMILES string of the molecule is Cc1ccc(CC(C#N)Sc2nc3ccccc3c(=O)n2C(C)C)cc1. The molecule has 1 atom stereocenters. The fraction of sp³-hybridized carbons (Fsp3) is 0.286. The summed E-state index contributed by atoms with van der Waals surface area (Å²) in [7, 11) is 0. The van der Waals surface area contributed by atoms with E-state index in [9.17, 15) is 10.1 Å². The van der Waals surface area contributed by atoms with Gasteiger partial charge in [0.2, 0.25) is 0 Å². The number of fused-ring (bicyclic) bond motifs is 1. The summed E-state index contributed by atoms with van der Waals surface area (Å²) in [5.74, 6) is 0. The lowest BCUT2D eigenvalue weighted by atomic mass is 10.1. The van der Waals surface area contributed by atoms with E-state index in [4.69, 9.17) is 0 Å². The Morgan fingerprint density at radius 1 is 1.15 bits per heavy atom. The van der Waals surface area contributed by atoms with E-state index >= 15 is 0 Å². The zero-order chi connectivity index (χ0) is 18.7. The monoisotopic (exact) mass is 363 g/mol. The molecule has 2 aromatic carbocycles. The first-order valence-electron chi connectivity index (χ1n) is 8.62.